The summed E-state index contributed by atoms with van der Waals surface area (Å²) < 4.78 is 5.21. The highest BCUT2D eigenvalue weighted by Crippen LogP contribution is 2.15. The third kappa shape index (κ3) is 4.78. The van der Waals surface area contributed by atoms with Crippen molar-refractivity contribution in [3.05, 3.63) is 101 Å². The number of nitrogens with one attached hydrogen (secondary N) is 1. The second kappa shape index (κ2) is 9.30. The van der Waals surface area contributed by atoms with Gasteiger partial charge in [0.1, 0.15) is 6.07 Å². The van der Waals surface area contributed by atoms with Crippen LogP contribution >= 0.6 is 0 Å². The Morgan fingerprint density at radius 2 is 1.40 bits per heavy atom. The van der Waals surface area contributed by atoms with Crippen molar-refractivity contribution in [2.75, 3.05) is 5.32 Å². The number of benzene rings is 3. The van der Waals surface area contributed by atoms with Crippen LogP contribution in [0.4, 0.5) is 5.69 Å². The molecular formula is C24H18N2O4. The van der Waals surface area contributed by atoms with Crippen LogP contribution in [0.2, 0.25) is 0 Å². The molecule has 0 aliphatic rings. The molecular weight excluding hydrogens is 380 g/mol. The average molecular weight is 398 g/mol. The summed E-state index contributed by atoms with van der Waals surface area (Å²) in [5.74, 6) is -1.40. The van der Waals surface area contributed by atoms with Gasteiger partial charge in [-0.15, -0.1) is 0 Å². The zero-order valence-corrected chi connectivity index (χ0v) is 16.2. The molecule has 6 heteroatoms. The van der Waals surface area contributed by atoms with Crippen LogP contribution in [-0.2, 0) is 9.53 Å². The molecule has 0 aliphatic carbocycles. The SMILES string of the molecule is CC(OC(=O)c1ccc(C(=O)c2ccccc2)cc1)C(=O)Nc1ccccc1C#N. The average Bonchev–Trinajstić information content (AvgIpc) is 2.79. The predicted molar refractivity (Wildman–Crippen MR) is 111 cm³/mol. The van der Waals surface area contributed by atoms with Crippen LogP contribution in [0.3, 0.4) is 0 Å². The monoisotopic (exact) mass is 398 g/mol. The number of nitriles is 1. The summed E-state index contributed by atoms with van der Waals surface area (Å²) in [4.78, 5) is 37.1. The number of amides is 1. The Bertz CT molecular complexity index is 1120. The van der Waals surface area contributed by atoms with E-state index in [9.17, 15) is 14.4 Å². The molecule has 0 bridgehead atoms. The number of ether oxygens (including phenoxy) is 1. The maximum Gasteiger partial charge on any atom is 0.338 e. The lowest BCUT2D eigenvalue weighted by atomic mass is 10.0. The number of carbonyl (C=O) groups excluding carboxylic acids is 3. The van der Waals surface area contributed by atoms with Gasteiger partial charge in [-0.3, -0.25) is 9.59 Å². The number of anilines is 1. The minimum absolute atomic E-state index is 0.153. The third-order valence-electron chi connectivity index (χ3n) is 4.38. The summed E-state index contributed by atoms with van der Waals surface area (Å²) in [5.41, 5.74) is 1.86. The largest absolute Gasteiger partial charge is 0.449 e. The van der Waals surface area contributed by atoms with E-state index < -0.39 is 18.0 Å². The third-order valence-corrected chi connectivity index (χ3v) is 4.38. The molecule has 0 saturated carbocycles. The fraction of sp³-hybridized carbons (Fsp3) is 0.0833. The van der Waals surface area contributed by atoms with Gasteiger partial charge in [0.2, 0.25) is 0 Å². The Labute approximate surface area is 173 Å². The van der Waals surface area contributed by atoms with Crippen molar-refractivity contribution in [1.29, 1.82) is 5.26 Å². The van der Waals surface area contributed by atoms with Gasteiger partial charge in [-0.1, -0.05) is 54.6 Å². The van der Waals surface area contributed by atoms with E-state index in [0.29, 0.717) is 22.4 Å². The molecule has 1 atom stereocenters. The molecule has 3 rings (SSSR count). The fourth-order valence-electron chi connectivity index (χ4n) is 2.72. The van der Waals surface area contributed by atoms with Crippen molar-refractivity contribution in [2.24, 2.45) is 0 Å². The molecule has 0 aromatic heterocycles. The molecule has 1 unspecified atom stereocenters. The van der Waals surface area contributed by atoms with E-state index in [4.69, 9.17) is 10.00 Å². The van der Waals surface area contributed by atoms with Gasteiger partial charge >= 0.3 is 5.97 Å². The number of carbonyl (C=O) groups is 3. The van der Waals surface area contributed by atoms with Crippen molar-refractivity contribution >= 4 is 23.3 Å². The van der Waals surface area contributed by atoms with Crippen LogP contribution in [0.25, 0.3) is 0 Å². The van der Waals surface area contributed by atoms with Crippen molar-refractivity contribution in [3.63, 3.8) is 0 Å². The minimum Gasteiger partial charge on any atom is -0.449 e. The van der Waals surface area contributed by atoms with Gasteiger partial charge in [-0.25, -0.2) is 4.79 Å². The van der Waals surface area contributed by atoms with Gasteiger partial charge in [0.25, 0.3) is 5.91 Å². The van der Waals surface area contributed by atoms with Crippen LogP contribution in [-0.4, -0.2) is 23.8 Å². The lowest BCUT2D eigenvalue weighted by Crippen LogP contribution is -2.30. The van der Waals surface area contributed by atoms with Crippen LogP contribution < -0.4 is 5.32 Å². The van der Waals surface area contributed by atoms with Crippen LogP contribution in [0.15, 0.2) is 78.9 Å². The second-order valence-electron chi connectivity index (χ2n) is 6.47. The van der Waals surface area contributed by atoms with Gasteiger partial charge in [-0.05, 0) is 31.2 Å². The fourth-order valence-corrected chi connectivity index (χ4v) is 2.72. The Morgan fingerprint density at radius 3 is 2.07 bits per heavy atom. The number of nitrogens with zero attached hydrogens (tertiary/aromatic N) is 1. The highest BCUT2D eigenvalue weighted by atomic mass is 16.5. The Kier molecular flexibility index (Phi) is 6.36. The number of rotatable bonds is 6. The Balaban J connectivity index is 1.63. The number of hydrogen-bond acceptors (Lipinski definition) is 5. The predicted octanol–water partition coefficient (Wildman–Crippen LogP) is 3.97. The van der Waals surface area contributed by atoms with E-state index >= 15 is 0 Å². The van der Waals surface area contributed by atoms with E-state index in [1.165, 1.54) is 19.1 Å². The van der Waals surface area contributed by atoms with E-state index in [1.807, 2.05) is 12.1 Å². The van der Waals surface area contributed by atoms with Crippen molar-refractivity contribution in [2.45, 2.75) is 13.0 Å². The topological polar surface area (TPSA) is 96.3 Å². The molecule has 0 heterocycles. The molecule has 0 saturated heterocycles. The molecule has 0 spiro atoms. The van der Waals surface area contributed by atoms with Crippen LogP contribution in [0, 0.1) is 11.3 Å². The summed E-state index contributed by atoms with van der Waals surface area (Å²) in [6.07, 6.45) is -1.07. The van der Waals surface area contributed by atoms with Crippen molar-refractivity contribution < 1.29 is 19.1 Å². The molecule has 0 radical (unpaired) electrons. The smallest absolute Gasteiger partial charge is 0.338 e. The molecule has 0 fully saturated rings. The van der Waals surface area contributed by atoms with Crippen LogP contribution in [0.1, 0.15) is 38.8 Å². The quantitative estimate of drug-likeness (QED) is 0.501. The van der Waals surface area contributed by atoms with E-state index in [0.717, 1.165) is 0 Å². The summed E-state index contributed by atoms with van der Waals surface area (Å²) in [5, 5.41) is 11.7. The summed E-state index contributed by atoms with van der Waals surface area (Å²) in [6.45, 7) is 1.44. The first-order chi connectivity index (χ1) is 14.5. The molecule has 148 valence electrons. The lowest BCUT2D eigenvalue weighted by molar-refractivity contribution is -0.123. The van der Waals surface area contributed by atoms with Crippen LogP contribution in [0.5, 0.6) is 0 Å². The minimum atomic E-state index is -1.07. The number of hydrogen-bond donors (Lipinski definition) is 1. The number of para-hydroxylation sites is 1. The van der Waals surface area contributed by atoms with Gasteiger partial charge in [-0.2, -0.15) is 5.26 Å². The van der Waals surface area contributed by atoms with E-state index in [-0.39, 0.29) is 11.3 Å². The molecule has 1 N–H and O–H groups in total. The second-order valence-corrected chi connectivity index (χ2v) is 6.47. The van der Waals surface area contributed by atoms with E-state index in [2.05, 4.69) is 5.32 Å². The standard InChI is InChI=1S/C24H18N2O4/c1-16(23(28)26-21-10-6-5-9-20(21)15-25)30-24(29)19-13-11-18(12-14-19)22(27)17-7-3-2-4-8-17/h2-14,16H,1H3,(H,26,28). The maximum atomic E-state index is 12.4. The first kappa shape index (κ1) is 20.5. The highest BCUT2D eigenvalue weighted by molar-refractivity contribution is 6.09. The summed E-state index contributed by atoms with van der Waals surface area (Å²) >= 11 is 0. The molecule has 30 heavy (non-hydrogen) atoms. The van der Waals surface area contributed by atoms with Gasteiger partial charge in [0.15, 0.2) is 11.9 Å². The zero-order chi connectivity index (χ0) is 21.5. The Hall–Kier alpha value is -4.24. The lowest BCUT2D eigenvalue weighted by Gasteiger charge is -2.14. The van der Waals surface area contributed by atoms with Gasteiger partial charge in [0.05, 0.1) is 16.8 Å². The molecule has 0 aliphatic heterocycles. The molecule has 3 aromatic carbocycles. The number of esters is 1. The van der Waals surface area contributed by atoms with E-state index in [1.54, 1.807) is 60.7 Å². The molecule has 1 amide bonds. The first-order valence-corrected chi connectivity index (χ1v) is 9.20. The zero-order valence-electron chi connectivity index (χ0n) is 16.2. The van der Waals surface area contributed by atoms with Gasteiger partial charge in [0, 0.05) is 11.1 Å². The summed E-state index contributed by atoms with van der Waals surface area (Å²) in [6, 6.07) is 23.4. The summed E-state index contributed by atoms with van der Waals surface area (Å²) in [7, 11) is 0. The molecule has 6 nitrogen and oxygen atoms in total. The number of ketones is 1. The normalized spacial score (nSPS) is 11.1. The maximum absolute atomic E-state index is 12.4. The van der Waals surface area contributed by atoms with Crippen molar-refractivity contribution in [1.82, 2.24) is 0 Å². The van der Waals surface area contributed by atoms with Crippen molar-refractivity contribution in [3.8, 4) is 6.07 Å². The first-order valence-electron chi connectivity index (χ1n) is 9.20. The highest BCUT2D eigenvalue weighted by Gasteiger charge is 2.20. The molecule has 3 aromatic rings. The van der Waals surface area contributed by atoms with Gasteiger partial charge < -0.3 is 10.1 Å². The Morgan fingerprint density at radius 1 is 0.833 bits per heavy atom.